The lowest BCUT2D eigenvalue weighted by Gasteiger charge is -2.27. The van der Waals surface area contributed by atoms with E-state index in [0.29, 0.717) is 13.2 Å². The van der Waals surface area contributed by atoms with Crippen LogP contribution in [-0.2, 0) is 19.2 Å². The standard InChI is InChI=1S/C14H19N3O4/c1-10-8-11(15-9-10)14-17(5-6-20-14)21-7-4-16-12(18)2-3-13(16)19/h2-3,11,14-15H,1,4-9H2/t11-,14?/m0/s1. The van der Waals surface area contributed by atoms with E-state index in [1.807, 2.05) is 0 Å². The third kappa shape index (κ3) is 3.06. The van der Waals surface area contributed by atoms with E-state index in [1.165, 1.54) is 17.1 Å². The molecule has 1 unspecified atom stereocenters. The van der Waals surface area contributed by atoms with Crippen molar-refractivity contribution in [1.82, 2.24) is 15.3 Å². The van der Waals surface area contributed by atoms with Crippen LogP contribution in [0, 0.1) is 0 Å². The first kappa shape index (κ1) is 14.4. The molecule has 0 aromatic rings. The average Bonchev–Trinajstić information content (AvgIpc) is 3.15. The average molecular weight is 293 g/mol. The monoisotopic (exact) mass is 293 g/mol. The maximum atomic E-state index is 11.4. The lowest BCUT2D eigenvalue weighted by atomic mass is 10.1. The summed E-state index contributed by atoms with van der Waals surface area (Å²) in [5.74, 6) is -0.571. The van der Waals surface area contributed by atoms with Gasteiger partial charge in [-0.1, -0.05) is 12.2 Å². The molecular weight excluding hydrogens is 274 g/mol. The van der Waals surface area contributed by atoms with Gasteiger partial charge in [0.05, 0.1) is 32.3 Å². The predicted octanol–water partition coefficient (Wildman–Crippen LogP) is -0.581. The van der Waals surface area contributed by atoms with Gasteiger partial charge in [-0.25, -0.2) is 0 Å². The minimum Gasteiger partial charge on any atom is -0.358 e. The van der Waals surface area contributed by atoms with Gasteiger partial charge >= 0.3 is 0 Å². The molecule has 7 nitrogen and oxygen atoms in total. The molecule has 0 spiro atoms. The third-order valence-electron chi connectivity index (χ3n) is 3.82. The molecule has 0 radical (unpaired) electrons. The van der Waals surface area contributed by atoms with E-state index >= 15 is 0 Å². The molecule has 7 heteroatoms. The Morgan fingerprint density at radius 1 is 1.38 bits per heavy atom. The van der Waals surface area contributed by atoms with Gasteiger partial charge in [0.15, 0.2) is 0 Å². The highest BCUT2D eigenvalue weighted by atomic mass is 16.7. The molecule has 3 heterocycles. The Balaban J connectivity index is 1.47. The van der Waals surface area contributed by atoms with Gasteiger partial charge in [-0.05, 0) is 6.42 Å². The normalized spacial score (nSPS) is 30.1. The summed E-state index contributed by atoms with van der Waals surface area (Å²) >= 11 is 0. The summed E-state index contributed by atoms with van der Waals surface area (Å²) in [5.41, 5.74) is 1.16. The van der Waals surface area contributed by atoms with Crippen LogP contribution in [0.25, 0.3) is 0 Å². The van der Waals surface area contributed by atoms with Crippen molar-refractivity contribution in [1.29, 1.82) is 0 Å². The fraction of sp³-hybridized carbons (Fsp3) is 0.571. The molecule has 1 N–H and O–H groups in total. The lowest BCUT2D eigenvalue weighted by molar-refractivity contribution is -0.211. The van der Waals surface area contributed by atoms with Crippen LogP contribution in [0.15, 0.2) is 24.3 Å². The van der Waals surface area contributed by atoms with Crippen LogP contribution in [-0.4, -0.2) is 66.9 Å². The van der Waals surface area contributed by atoms with Crippen molar-refractivity contribution >= 4 is 11.8 Å². The highest BCUT2D eigenvalue weighted by Crippen LogP contribution is 2.22. The molecule has 2 atom stereocenters. The Kier molecular flexibility index (Phi) is 4.16. The van der Waals surface area contributed by atoms with Crippen molar-refractivity contribution in [2.45, 2.75) is 18.7 Å². The van der Waals surface area contributed by atoms with Crippen LogP contribution in [0.4, 0.5) is 0 Å². The van der Waals surface area contributed by atoms with E-state index in [2.05, 4.69) is 11.9 Å². The van der Waals surface area contributed by atoms with E-state index in [-0.39, 0.29) is 37.2 Å². The van der Waals surface area contributed by atoms with E-state index in [9.17, 15) is 9.59 Å². The van der Waals surface area contributed by atoms with Gasteiger partial charge < -0.3 is 10.1 Å². The molecule has 21 heavy (non-hydrogen) atoms. The van der Waals surface area contributed by atoms with Gasteiger partial charge in [0.2, 0.25) is 0 Å². The summed E-state index contributed by atoms with van der Waals surface area (Å²) < 4.78 is 5.70. The lowest BCUT2D eigenvalue weighted by Crippen LogP contribution is -2.45. The fourth-order valence-electron chi connectivity index (χ4n) is 2.76. The van der Waals surface area contributed by atoms with Crippen LogP contribution in [0.5, 0.6) is 0 Å². The maximum Gasteiger partial charge on any atom is 0.253 e. The number of hydrogen-bond acceptors (Lipinski definition) is 6. The largest absolute Gasteiger partial charge is 0.358 e. The van der Waals surface area contributed by atoms with Crippen molar-refractivity contribution in [3.63, 3.8) is 0 Å². The smallest absolute Gasteiger partial charge is 0.253 e. The first-order valence-electron chi connectivity index (χ1n) is 7.10. The second kappa shape index (κ2) is 6.07. The molecule has 3 aliphatic heterocycles. The van der Waals surface area contributed by atoms with Crippen LogP contribution in [0.1, 0.15) is 6.42 Å². The second-order valence-electron chi connectivity index (χ2n) is 5.34. The minimum absolute atomic E-state index is 0.146. The van der Waals surface area contributed by atoms with Crippen LogP contribution < -0.4 is 5.32 Å². The molecule has 0 bridgehead atoms. The van der Waals surface area contributed by atoms with E-state index in [4.69, 9.17) is 9.57 Å². The van der Waals surface area contributed by atoms with Gasteiger partial charge in [0.25, 0.3) is 11.8 Å². The molecule has 0 saturated carbocycles. The summed E-state index contributed by atoms with van der Waals surface area (Å²) in [4.78, 5) is 29.7. The number of carbonyl (C=O) groups is 2. The van der Waals surface area contributed by atoms with Crippen molar-refractivity contribution in [3.8, 4) is 0 Å². The molecule has 114 valence electrons. The molecular formula is C14H19N3O4. The zero-order chi connectivity index (χ0) is 14.8. The van der Waals surface area contributed by atoms with Crippen molar-refractivity contribution in [3.05, 3.63) is 24.3 Å². The third-order valence-corrected chi connectivity index (χ3v) is 3.82. The van der Waals surface area contributed by atoms with E-state index < -0.39 is 0 Å². The SMILES string of the molecule is C=C1CN[C@H](C2OCCN2OCCN2C(=O)C=CC2=O)C1. The molecule has 2 amide bonds. The summed E-state index contributed by atoms with van der Waals surface area (Å²) in [7, 11) is 0. The van der Waals surface area contributed by atoms with Gasteiger partial charge in [-0.2, -0.15) is 5.06 Å². The number of hydrogen-bond donors (Lipinski definition) is 1. The molecule has 3 aliphatic rings. The quantitative estimate of drug-likeness (QED) is 0.540. The number of hydroxylamine groups is 2. The van der Waals surface area contributed by atoms with Crippen molar-refractivity contribution in [2.75, 3.05) is 32.8 Å². The molecule has 3 rings (SSSR count). The van der Waals surface area contributed by atoms with Crippen molar-refractivity contribution < 1.29 is 19.2 Å². The van der Waals surface area contributed by atoms with Gasteiger partial charge in [-0.3, -0.25) is 19.3 Å². The van der Waals surface area contributed by atoms with Crippen molar-refractivity contribution in [2.24, 2.45) is 0 Å². The molecule has 2 fully saturated rings. The Bertz CT molecular complexity index is 473. The predicted molar refractivity (Wildman–Crippen MR) is 73.8 cm³/mol. The number of imide groups is 1. The first-order valence-corrected chi connectivity index (χ1v) is 7.10. The minimum atomic E-state index is -0.286. The van der Waals surface area contributed by atoms with E-state index in [0.717, 1.165) is 18.5 Å². The first-order chi connectivity index (χ1) is 10.1. The second-order valence-corrected chi connectivity index (χ2v) is 5.34. The number of ether oxygens (including phenoxy) is 1. The molecule has 2 saturated heterocycles. The van der Waals surface area contributed by atoms with Crippen LogP contribution in [0.2, 0.25) is 0 Å². The van der Waals surface area contributed by atoms with Crippen LogP contribution in [0.3, 0.4) is 0 Å². The van der Waals surface area contributed by atoms with Crippen LogP contribution >= 0.6 is 0 Å². The summed E-state index contributed by atoms with van der Waals surface area (Å²) in [6.45, 7) is 6.58. The summed E-state index contributed by atoms with van der Waals surface area (Å²) in [6, 6.07) is 0.178. The maximum absolute atomic E-state index is 11.4. The summed E-state index contributed by atoms with van der Waals surface area (Å²) in [5, 5.41) is 5.14. The highest BCUT2D eigenvalue weighted by Gasteiger charge is 2.36. The Labute approximate surface area is 123 Å². The zero-order valence-corrected chi connectivity index (χ0v) is 11.8. The van der Waals surface area contributed by atoms with Gasteiger partial charge in [0.1, 0.15) is 6.23 Å². The number of amides is 2. The number of carbonyl (C=O) groups excluding carboxylic acids is 2. The molecule has 0 aromatic carbocycles. The Hall–Kier alpha value is -1.54. The zero-order valence-electron chi connectivity index (χ0n) is 11.8. The fourth-order valence-corrected chi connectivity index (χ4v) is 2.76. The number of rotatable bonds is 5. The van der Waals surface area contributed by atoms with E-state index in [1.54, 1.807) is 5.06 Å². The molecule has 0 aliphatic carbocycles. The van der Waals surface area contributed by atoms with Gasteiger partial charge in [0, 0.05) is 18.7 Å². The number of nitrogens with one attached hydrogen (secondary N) is 1. The Morgan fingerprint density at radius 3 is 2.81 bits per heavy atom. The Morgan fingerprint density at radius 2 is 2.14 bits per heavy atom. The molecule has 0 aromatic heterocycles. The number of nitrogens with zero attached hydrogens (tertiary/aromatic N) is 2. The highest BCUT2D eigenvalue weighted by molar-refractivity contribution is 6.12. The topological polar surface area (TPSA) is 71.1 Å². The van der Waals surface area contributed by atoms with Gasteiger partial charge in [-0.15, -0.1) is 0 Å². The summed E-state index contributed by atoms with van der Waals surface area (Å²) in [6.07, 6.45) is 3.28.